The second-order valence-corrected chi connectivity index (χ2v) is 10.8. The molecule has 4 aliphatic rings. The molecule has 0 unspecified atom stereocenters. The molecule has 2 heterocycles. The highest BCUT2D eigenvalue weighted by Crippen LogP contribution is 2.68. The van der Waals surface area contributed by atoms with Crippen molar-refractivity contribution in [2.45, 2.75) is 58.1 Å². The lowest BCUT2D eigenvalue weighted by Gasteiger charge is -2.53. The number of methoxy groups -OCH3 is 1. The van der Waals surface area contributed by atoms with Crippen molar-refractivity contribution >= 4 is 17.7 Å². The molecule has 3 fully saturated rings. The van der Waals surface area contributed by atoms with Crippen molar-refractivity contribution in [3.05, 3.63) is 35.4 Å². The average Bonchev–Trinajstić information content (AvgIpc) is 3.38. The number of carbonyl (C=O) groups excluding carboxylic acids is 3. The third-order valence-electron chi connectivity index (χ3n) is 8.98. The summed E-state index contributed by atoms with van der Waals surface area (Å²) in [6.45, 7) is 6.00. The highest BCUT2D eigenvalue weighted by molar-refractivity contribution is 6.21. The fourth-order valence-electron chi connectivity index (χ4n) is 7.32. The first-order valence-corrected chi connectivity index (χ1v) is 12.1. The highest BCUT2D eigenvalue weighted by Gasteiger charge is 2.68. The van der Waals surface area contributed by atoms with Crippen molar-refractivity contribution in [3.63, 3.8) is 0 Å². The maximum Gasteiger partial charge on any atom is 0.261 e. The Morgan fingerprint density at radius 2 is 1.91 bits per heavy atom. The van der Waals surface area contributed by atoms with Gasteiger partial charge in [0, 0.05) is 32.7 Å². The molecule has 3 amide bonds. The topological polar surface area (TPSA) is 84.9 Å². The molecule has 2 bridgehead atoms. The highest BCUT2D eigenvalue weighted by atomic mass is 16.5. The number of imide groups is 1. The van der Waals surface area contributed by atoms with Crippen LogP contribution in [0.15, 0.2) is 24.3 Å². The van der Waals surface area contributed by atoms with Crippen LogP contribution in [0.25, 0.3) is 0 Å². The van der Waals surface area contributed by atoms with E-state index in [1.165, 1.54) is 4.90 Å². The summed E-state index contributed by atoms with van der Waals surface area (Å²) in [7, 11) is 1.61. The second kappa shape index (κ2) is 8.20. The van der Waals surface area contributed by atoms with Gasteiger partial charge in [-0.05, 0) is 60.5 Å². The van der Waals surface area contributed by atoms with E-state index in [0.717, 1.165) is 19.3 Å². The number of rotatable bonds is 7. The van der Waals surface area contributed by atoms with Crippen molar-refractivity contribution in [2.24, 2.45) is 22.7 Å². The van der Waals surface area contributed by atoms with Gasteiger partial charge in [-0.3, -0.25) is 19.3 Å². The van der Waals surface area contributed by atoms with Gasteiger partial charge in [0.15, 0.2) is 0 Å². The summed E-state index contributed by atoms with van der Waals surface area (Å²) in [5.74, 6) is 0.479. The monoisotopic (exact) mass is 454 g/mol. The van der Waals surface area contributed by atoms with Gasteiger partial charge in [-0.25, -0.2) is 0 Å². The largest absolute Gasteiger partial charge is 0.384 e. The molecule has 2 aliphatic carbocycles. The van der Waals surface area contributed by atoms with Gasteiger partial charge in [0.1, 0.15) is 0 Å². The van der Waals surface area contributed by atoms with Gasteiger partial charge in [-0.2, -0.15) is 0 Å². The third-order valence-corrected chi connectivity index (χ3v) is 8.98. The minimum atomic E-state index is -0.210. The summed E-state index contributed by atoms with van der Waals surface area (Å²) in [6, 6.07) is 7.12. The Bertz CT molecular complexity index is 940. The lowest BCUT2D eigenvalue weighted by Crippen LogP contribution is -2.60. The Kier molecular flexibility index (Phi) is 5.60. The van der Waals surface area contributed by atoms with Gasteiger partial charge in [-0.15, -0.1) is 0 Å². The number of fused-ring (bicyclic) bond motifs is 2. The number of nitrogens with one attached hydrogen (secondary N) is 1. The van der Waals surface area contributed by atoms with Crippen molar-refractivity contribution in [1.29, 1.82) is 0 Å². The van der Waals surface area contributed by atoms with E-state index >= 15 is 0 Å². The minimum Gasteiger partial charge on any atom is -0.384 e. The molecule has 2 saturated carbocycles. The van der Waals surface area contributed by atoms with Gasteiger partial charge in [-0.1, -0.05) is 26.0 Å². The molecular weight excluding hydrogens is 420 g/mol. The molecular formula is C26H34N2O5. The van der Waals surface area contributed by atoms with Crippen molar-refractivity contribution in [1.82, 2.24) is 10.2 Å². The van der Waals surface area contributed by atoms with Crippen molar-refractivity contribution in [3.8, 4) is 0 Å². The molecule has 7 heteroatoms. The van der Waals surface area contributed by atoms with Crippen LogP contribution >= 0.6 is 0 Å². The van der Waals surface area contributed by atoms with Crippen LogP contribution in [-0.2, 0) is 14.3 Å². The van der Waals surface area contributed by atoms with Crippen LogP contribution in [0.2, 0.25) is 0 Å². The fourth-order valence-corrected chi connectivity index (χ4v) is 7.32. The Morgan fingerprint density at radius 3 is 2.58 bits per heavy atom. The average molecular weight is 455 g/mol. The molecule has 5 atom stereocenters. The van der Waals surface area contributed by atoms with E-state index in [0.29, 0.717) is 55.6 Å². The number of nitrogens with zero attached hydrogens (tertiary/aromatic N) is 1. The van der Waals surface area contributed by atoms with Crippen LogP contribution in [0.5, 0.6) is 0 Å². The molecule has 1 N–H and O–H groups in total. The predicted molar refractivity (Wildman–Crippen MR) is 122 cm³/mol. The zero-order chi connectivity index (χ0) is 23.4. The van der Waals surface area contributed by atoms with Gasteiger partial charge in [0.25, 0.3) is 11.8 Å². The molecule has 0 radical (unpaired) electrons. The standard InChI is InChI=1S/C26H34N2O5/c1-25(2)16-14-19-20(8-11-28-22(30)17-6-4-5-7-18(17)23(28)31)33-13-10-26(19,15-16)24(25)27-21(29)9-12-32-3/h4-7,16,19-20,24H,8-15H2,1-3H3,(H,27,29)/t16-,19-,20-,24-,26-/m1/s1. The summed E-state index contributed by atoms with van der Waals surface area (Å²) in [5, 5.41) is 3.38. The normalized spacial score (nSPS) is 33.8. The number of hydrogen-bond acceptors (Lipinski definition) is 5. The van der Waals surface area contributed by atoms with Crippen molar-refractivity contribution < 1.29 is 23.9 Å². The number of carbonyl (C=O) groups is 3. The minimum absolute atomic E-state index is 0.0115. The molecule has 7 nitrogen and oxygen atoms in total. The Labute approximate surface area is 195 Å². The maximum atomic E-state index is 12.8. The van der Waals surface area contributed by atoms with Gasteiger partial charge >= 0.3 is 0 Å². The van der Waals surface area contributed by atoms with Gasteiger partial charge in [0.05, 0.1) is 23.8 Å². The second-order valence-electron chi connectivity index (χ2n) is 10.8. The molecule has 2 aliphatic heterocycles. The predicted octanol–water partition coefficient (Wildman–Crippen LogP) is 3.04. The summed E-state index contributed by atoms with van der Waals surface area (Å²) in [4.78, 5) is 39.6. The first kappa shape index (κ1) is 22.5. The van der Waals surface area contributed by atoms with Gasteiger partial charge < -0.3 is 14.8 Å². The van der Waals surface area contributed by atoms with Crippen LogP contribution < -0.4 is 5.32 Å². The smallest absolute Gasteiger partial charge is 0.261 e. The van der Waals surface area contributed by atoms with E-state index in [2.05, 4.69) is 19.2 Å². The van der Waals surface area contributed by atoms with Crippen LogP contribution in [0, 0.1) is 22.7 Å². The quantitative estimate of drug-likeness (QED) is 0.640. The van der Waals surface area contributed by atoms with Crippen LogP contribution in [0.3, 0.4) is 0 Å². The molecule has 1 aromatic carbocycles. The molecule has 1 spiro atoms. The Morgan fingerprint density at radius 1 is 1.21 bits per heavy atom. The number of hydrogen-bond donors (Lipinski definition) is 1. The van der Waals surface area contributed by atoms with Gasteiger partial charge in [0.2, 0.25) is 5.91 Å². The Balaban J connectivity index is 1.31. The zero-order valence-electron chi connectivity index (χ0n) is 19.8. The van der Waals surface area contributed by atoms with E-state index in [9.17, 15) is 14.4 Å². The van der Waals surface area contributed by atoms with E-state index in [1.54, 1.807) is 31.4 Å². The van der Waals surface area contributed by atoms with Crippen LogP contribution in [-0.4, -0.2) is 61.6 Å². The lowest BCUT2D eigenvalue weighted by molar-refractivity contribution is -0.137. The zero-order valence-corrected chi connectivity index (χ0v) is 19.8. The molecule has 33 heavy (non-hydrogen) atoms. The number of ether oxygens (including phenoxy) is 2. The molecule has 5 rings (SSSR count). The van der Waals surface area contributed by atoms with E-state index < -0.39 is 0 Å². The lowest BCUT2D eigenvalue weighted by atomic mass is 9.59. The molecule has 1 aromatic rings. The first-order valence-electron chi connectivity index (χ1n) is 12.1. The number of amides is 3. The SMILES string of the molecule is COCCC(=O)N[C@@H]1C(C)(C)[C@@H]2C[C@@H]3[C@@H](CCN4C(=O)c5ccccc5C4=O)OCC[C@@]31C2. The molecule has 0 aromatic heterocycles. The Hall–Kier alpha value is -2.25. The fraction of sp³-hybridized carbons (Fsp3) is 0.654. The number of benzene rings is 1. The summed E-state index contributed by atoms with van der Waals surface area (Å²) < 4.78 is 11.3. The molecule has 178 valence electrons. The van der Waals surface area contributed by atoms with E-state index in [1.807, 2.05) is 0 Å². The molecule has 1 saturated heterocycles. The van der Waals surface area contributed by atoms with Crippen LogP contribution in [0.4, 0.5) is 0 Å². The maximum absolute atomic E-state index is 12.8. The van der Waals surface area contributed by atoms with Crippen molar-refractivity contribution in [2.75, 3.05) is 26.9 Å². The summed E-state index contributed by atoms with van der Waals surface area (Å²) in [6.07, 6.45) is 4.11. The first-order chi connectivity index (χ1) is 15.8. The van der Waals surface area contributed by atoms with Crippen LogP contribution in [0.1, 0.15) is 66.7 Å². The van der Waals surface area contributed by atoms with E-state index in [4.69, 9.17) is 9.47 Å². The van der Waals surface area contributed by atoms with E-state index in [-0.39, 0.29) is 40.7 Å². The third kappa shape index (κ3) is 3.43. The summed E-state index contributed by atoms with van der Waals surface area (Å²) >= 11 is 0. The summed E-state index contributed by atoms with van der Waals surface area (Å²) in [5.41, 5.74) is 1.03.